The lowest BCUT2D eigenvalue weighted by Gasteiger charge is -2.21. The molecular weight excluding hydrogens is 254 g/mol. The molecule has 0 radical (unpaired) electrons. The average Bonchev–Trinajstić information content (AvgIpc) is 3.18. The third-order valence-corrected chi connectivity index (χ3v) is 3.74. The van der Waals surface area contributed by atoms with Crippen molar-refractivity contribution >= 4 is 5.97 Å². The van der Waals surface area contributed by atoms with Crippen molar-refractivity contribution in [1.82, 2.24) is 0 Å². The molecule has 2 N–H and O–H groups in total. The summed E-state index contributed by atoms with van der Waals surface area (Å²) in [7, 11) is 0. The van der Waals surface area contributed by atoms with Crippen LogP contribution in [0.5, 0.6) is 0 Å². The number of rotatable bonds is 2. The molecule has 0 amide bonds. The molecule has 0 spiro atoms. The maximum Gasteiger partial charge on any atom is 0.336 e. The van der Waals surface area contributed by atoms with E-state index in [4.69, 9.17) is 10.4 Å². The summed E-state index contributed by atoms with van der Waals surface area (Å²) < 4.78 is 0. The quantitative estimate of drug-likeness (QED) is 0.805. The average molecular weight is 269 g/mol. The Balaban J connectivity index is 2.40. The zero-order valence-electron chi connectivity index (χ0n) is 11.4. The molecule has 1 fully saturated rings. The highest BCUT2D eigenvalue weighted by atomic mass is 16.4. The van der Waals surface area contributed by atoms with Crippen molar-refractivity contribution in [2.45, 2.75) is 32.3 Å². The van der Waals surface area contributed by atoms with Crippen molar-refractivity contribution in [1.29, 1.82) is 5.26 Å². The summed E-state index contributed by atoms with van der Waals surface area (Å²) in [6, 6.07) is 7.03. The van der Waals surface area contributed by atoms with Crippen LogP contribution < -0.4 is 0 Å². The van der Waals surface area contributed by atoms with E-state index in [0.29, 0.717) is 18.4 Å². The fraction of sp³-hybridized carbons (Fsp3) is 0.375. The Morgan fingerprint density at radius 3 is 2.60 bits per heavy atom. The highest BCUT2D eigenvalue weighted by Gasteiger charge is 2.56. The normalized spacial score (nSPS) is 18.1. The molecule has 0 bridgehead atoms. The van der Waals surface area contributed by atoms with E-state index in [1.165, 1.54) is 13.0 Å². The number of aryl methyl sites for hydroxylation is 1. The topological polar surface area (TPSA) is 81.3 Å². The second-order valence-electron chi connectivity index (χ2n) is 5.37. The minimum absolute atomic E-state index is 0.107. The molecule has 1 aromatic rings. The maximum atomic E-state index is 11.2. The molecule has 1 saturated carbocycles. The number of aliphatic hydroxyl groups is 1. The van der Waals surface area contributed by atoms with Crippen LogP contribution in [0.25, 0.3) is 0 Å². The number of carboxylic acids is 1. The van der Waals surface area contributed by atoms with Crippen molar-refractivity contribution in [3.8, 4) is 17.9 Å². The van der Waals surface area contributed by atoms with Crippen molar-refractivity contribution in [2.75, 3.05) is 0 Å². The summed E-state index contributed by atoms with van der Waals surface area (Å²) in [5.41, 5.74) is -0.959. The lowest BCUT2D eigenvalue weighted by atomic mass is 9.87. The lowest BCUT2D eigenvalue weighted by molar-refractivity contribution is 0.0677. The number of nitriles is 1. The molecule has 0 aliphatic heterocycles. The minimum Gasteiger partial charge on any atom is -0.478 e. The van der Waals surface area contributed by atoms with Crippen LogP contribution in [0.4, 0.5) is 0 Å². The molecule has 20 heavy (non-hydrogen) atoms. The number of carboxylic acid groups (broad SMARTS) is 1. The van der Waals surface area contributed by atoms with Gasteiger partial charge < -0.3 is 10.2 Å². The predicted octanol–water partition coefficient (Wildman–Crippen LogP) is 2.10. The summed E-state index contributed by atoms with van der Waals surface area (Å²) in [4.78, 5) is 11.2. The molecular formula is C16H15NO3. The van der Waals surface area contributed by atoms with E-state index in [2.05, 4.69) is 17.9 Å². The first-order valence-corrected chi connectivity index (χ1v) is 6.32. The number of aromatic carboxylic acids is 1. The van der Waals surface area contributed by atoms with Gasteiger partial charge in [0, 0.05) is 5.56 Å². The lowest BCUT2D eigenvalue weighted by Crippen LogP contribution is -2.33. The summed E-state index contributed by atoms with van der Waals surface area (Å²) in [6.45, 7) is 3.31. The van der Waals surface area contributed by atoms with Crippen LogP contribution in [0.3, 0.4) is 0 Å². The van der Waals surface area contributed by atoms with Crippen molar-refractivity contribution in [3.63, 3.8) is 0 Å². The number of carbonyl (C=O) groups is 1. The van der Waals surface area contributed by atoms with Crippen LogP contribution in [0, 0.1) is 35.5 Å². The van der Waals surface area contributed by atoms with E-state index in [0.717, 1.165) is 5.56 Å². The molecule has 2 rings (SSSR count). The van der Waals surface area contributed by atoms with Gasteiger partial charge in [-0.3, -0.25) is 0 Å². The number of nitrogens with zero attached hydrogens (tertiary/aromatic N) is 1. The maximum absolute atomic E-state index is 11.2. The summed E-state index contributed by atoms with van der Waals surface area (Å²) in [6.07, 6.45) is 1.23. The Morgan fingerprint density at radius 1 is 1.45 bits per heavy atom. The van der Waals surface area contributed by atoms with Crippen LogP contribution in [-0.4, -0.2) is 21.8 Å². The van der Waals surface area contributed by atoms with E-state index in [-0.39, 0.29) is 5.56 Å². The molecule has 1 atom stereocenters. The minimum atomic E-state index is -1.43. The van der Waals surface area contributed by atoms with Gasteiger partial charge in [0.25, 0.3) is 0 Å². The Hall–Kier alpha value is -2.30. The second-order valence-corrected chi connectivity index (χ2v) is 5.37. The molecule has 102 valence electrons. The SMILES string of the molecule is Cc1ccc(C#C[C@@](C)(O)C2(C#N)CC2)c(C(=O)O)c1. The summed E-state index contributed by atoms with van der Waals surface area (Å²) in [5, 5.41) is 28.6. The van der Waals surface area contributed by atoms with Gasteiger partial charge in [0.2, 0.25) is 0 Å². The third-order valence-electron chi connectivity index (χ3n) is 3.74. The van der Waals surface area contributed by atoms with Crippen molar-refractivity contribution in [2.24, 2.45) is 5.41 Å². The molecule has 1 aromatic carbocycles. The Labute approximate surface area is 117 Å². The third kappa shape index (κ3) is 2.39. The van der Waals surface area contributed by atoms with E-state index in [1.807, 2.05) is 0 Å². The van der Waals surface area contributed by atoms with Crippen LogP contribution in [0.1, 0.15) is 41.3 Å². The van der Waals surface area contributed by atoms with Gasteiger partial charge in [0.15, 0.2) is 0 Å². The van der Waals surface area contributed by atoms with E-state index in [1.54, 1.807) is 19.1 Å². The Morgan fingerprint density at radius 2 is 2.10 bits per heavy atom. The monoisotopic (exact) mass is 269 g/mol. The fourth-order valence-electron chi connectivity index (χ4n) is 2.09. The Bertz CT molecular complexity index is 667. The van der Waals surface area contributed by atoms with Crippen LogP contribution in [-0.2, 0) is 0 Å². The zero-order valence-corrected chi connectivity index (χ0v) is 11.4. The van der Waals surface area contributed by atoms with Gasteiger partial charge in [0.05, 0.1) is 17.0 Å². The van der Waals surface area contributed by atoms with Crippen LogP contribution in [0.15, 0.2) is 18.2 Å². The number of hydrogen-bond acceptors (Lipinski definition) is 3. The van der Waals surface area contributed by atoms with Gasteiger partial charge >= 0.3 is 5.97 Å². The number of benzene rings is 1. The molecule has 0 heterocycles. The number of hydrogen-bond donors (Lipinski definition) is 2. The van der Waals surface area contributed by atoms with Gasteiger partial charge in [-0.15, -0.1) is 0 Å². The smallest absolute Gasteiger partial charge is 0.336 e. The fourth-order valence-corrected chi connectivity index (χ4v) is 2.09. The van der Waals surface area contributed by atoms with Gasteiger partial charge in [0.1, 0.15) is 5.60 Å². The first-order valence-electron chi connectivity index (χ1n) is 6.32. The summed E-state index contributed by atoms with van der Waals surface area (Å²) in [5.74, 6) is 4.32. The van der Waals surface area contributed by atoms with Crippen molar-refractivity contribution in [3.05, 3.63) is 34.9 Å². The Kier molecular flexibility index (Phi) is 3.29. The molecule has 4 heteroatoms. The van der Waals surface area contributed by atoms with Gasteiger partial charge in [-0.25, -0.2) is 4.79 Å². The van der Waals surface area contributed by atoms with Gasteiger partial charge in [-0.2, -0.15) is 5.26 Å². The second kappa shape index (κ2) is 4.67. The predicted molar refractivity (Wildman–Crippen MR) is 72.9 cm³/mol. The molecule has 4 nitrogen and oxygen atoms in total. The molecule has 1 aliphatic carbocycles. The first kappa shape index (κ1) is 14.1. The first-order chi connectivity index (χ1) is 9.31. The molecule has 0 unspecified atom stereocenters. The van der Waals surface area contributed by atoms with Crippen LogP contribution >= 0.6 is 0 Å². The van der Waals surface area contributed by atoms with E-state index >= 15 is 0 Å². The largest absolute Gasteiger partial charge is 0.478 e. The molecule has 0 saturated heterocycles. The van der Waals surface area contributed by atoms with Gasteiger partial charge in [-0.05, 0) is 38.8 Å². The standard InChI is InChI=1S/C16H15NO3/c1-11-3-4-12(13(9-11)14(18)19)5-6-15(2,20)16(10-17)7-8-16/h3-4,9,20H,7-8H2,1-2H3,(H,18,19)/t15-/m1/s1. The summed E-state index contributed by atoms with van der Waals surface area (Å²) >= 11 is 0. The van der Waals surface area contributed by atoms with Crippen molar-refractivity contribution < 1.29 is 15.0 Å². The zero-order chi connectivity index (χ0) is 15.0. The van der Waals surface area contributed by atoms with E-state index < -0.39 is 17.0 Å². The molecule has 1 aliphatic rings. The molecule has 0 aromatic heterocycles. The van der Waals surface area contributed by atoms with Gasteiger partial charge in [-0.1, -0.05) is 23.5 Å². The van der Waals surface area contributed by atoms with E-state index in [9.17, 15) is 9.90 Å². The van der Waals surface area contributed by atoms with Crippen LogP contribution in [0.2, 0.25) is 0 Å². The highest BCUT2D eigenvalue weighted by molar-refractivity contribution is 5.91. The highest BCUT2D eigenvalue weighted by Crippen LogP contribution is 2.53.